The second-order valence-corrected chi connectivity index (χ2v) is 16.9. The summed E-state index contributed by atoms with van der Waals surface area (Å²) in [4.78, 5) is 39.4. The van der Waals surface area contributed by atoms with Crippen LogP contribution in [0.15, 0.2) is 11.6 Å². The Kier molecular flexibility index (Phi) is 7.87. The molecule has 5 rings (SSSR count). The molecule has 0 heterocycles. The van der Waals surface area contributed by atoms with Crippen molar-refractivity contribution in [1.82, 2.24) is 10.8 Å². The summed E-state index contributed by atoms with van der Waals surface area (Å²) in [7, 11) is 0. The number of carbonyl (C=O) groups excluding carboxylic acids is 3. The van der Waals surface area contributed by atoms with Gasteiger partial charge in [0.2, 0.25) is 11.8 Å². The van der Waals surface area contributed by atoms with E-state index < -0.39 is 11.3 Å². The largest absolute Gasteiger partial charge is 0.393 e. The molecule has 5 aliphatic carbocycles. The molecular formula is C35H56N2O5. The molecule has 0 saturated heterocycles. The molecule has 4 fully saturated rings. The van der Waals surface area contributed by atoms with Gasteiger partial charge in [-0.1, -0.05) is 54.0 Å². The molecule has 0 aromatic rings. The molecule has 9 atom stereocenters. The number of fused-ring (bicyclic) bond motifs is 7. The van der Waals surface area contributed by atoms with Gasteiger partial charge in [-0.15, -0.1) is 0 Å². The summed E-state index contributed by atoms with van der Waals surface area (Å²) in [5, 5.41) is 22.8. The fourth-order valence-electron chi connectivity index (χ4n) is 11.3. The molecule has 2 amide bonds. The summed E-state index contributed by atoms with van der Waals surface area (Å²) in [6.45, 7) is 16.6. The second-order valence-electron chi connectivity index (χ2n) is 16.9. The van der Waals surface area contributed by atoms with E-state index in [1.807, 2.05) is 0 Å². The van der Waals surface area contributed by atoms with E-state index in [-0.39, 0.29) is 63.1 Å². The molecule has 0 bridgehead atoms. The Morgan fingerprint density at radius 1 is 0.929 bits per heavy atom. The summed E-state index contributed by atoms with van der Waals surface area (Å²) in [5.41, 5.74) is 1.99. The molecule has 0 aromatic carbocycles. The number of rotatable bonds is 6. The number of aliphatic hydroxyl groups excluding tert-OH is 1. The van der Waals surface area contributed by atoms with Gasteiger partial charge in [0.15, 0.2) is 5.78 Å². The normalized spacial score (nSPS) is 45.8. The molecule has 0 radical (unpaired) electrons. The molecule has 236 valence electrons. The third-order valence-corrected chi connectivity index (χ3v) is 14.3. The molecule has 0 spiro atoms. The van der Waals surface area contributed by atoms with Crippen molar-refractivity contribution < 1.29 is 24.7 Å². The van der Waals surface area contributed by atoms with E-state index in [1.54, 1.807) is 5.48 Å². The van der Waals surface area contributed by atoms with Crippen molar-refractivity contribution in [1.29, 1.82) is 0 Å². The number of hydrogen-bond donors (Lipinski definition) is 4. The minimum Gasteiger partial charge on any atom is -0.393 e. The van der Waals surface area contributed by atoms with Crippen LogP contribution in [-0.2, 0) is 14.4 Å². The van der Waals surface area contributed by atoms with Crippen LogP contribution in [0, 0.1) is 50.2 Å². The van der Waals surface area contributed by atoms with Crippen molar-refractivity contribution in [3.63, 3.8) is 0 Å². The maximum absolute atomic E-state index is 14.5. The number of nitrogens with one attached hydrogen (secondary N) is 2. The van der Waals surface area contributed by atoms with E-state index in [4.69, 9.17) is 5.21 Å². The van der Waals surface area contributed by atoms with Crippen LogP contribution in [-0.4, -0.2) is 40.6 Å². The topological polar surface area (TPSA) is 116 Å². The van der Waals surface area contributed by atoms with Gasteiger partial charge < -0.3 is 10.4 Å². The van der Waals surface area contributed by atoms with E-state index in [1.165, 1.54) is 5.57 Å². The van der Waals surface area contributed by atoms with Crippen LogP contribution in [0.25, 0.3) is 0 Å². The average Bonchev–Trinajstić information content (AvgIpc) is 2.92. The van der Waals surface area contributed by atoms with Gasteiger partial charge in [-0.25, -0.2) is 5.48 Å². The number of carbonyl (C=O) groups is 3. The molecule has 4 N–H and O–H groups in total. The van der Waals surface area contributed by atoms with E-state index >= 15 is 0 Å². The highest BCUT2D eigenvalue weighted by molar-refractivity contribution is 5.95. The number of hydrogen-bond acceptors (Lipinski definition) is 5. The minimum absolute atomic E-state index is 0.0418. The van der Waals surface area contributed by atoms with Crippen LogP contribution in [0.1, 0.15) is 126 Å². The monoisotopic (exact) mass is 584 g/mol. The van der Waals surface area contributed by atoms with Crippen LogP contribution < -0.4 is 10.8 Å². The molecular weight excluding hydrogens is 528 g/mol. The van der Waals surface area contributed by atoms with Crippen LogP contribution in [0.4, 0.5) is 0 Å². The number of unbranched alkanes of at least 4 members (excludes halogenated alkanes) is 1. The van der Waals surface area contributed by atoms with Crippen LogP contribution in [0.5, 0.6) is 0 Å². The first-order valence-corrected chi connectivity index (χ1v) is 16.6. The van der Waals surface area contributed by atoms with E-state index in [0.29, 0.717) is 25.3 Å². The Morgan fingerprint density at radius 2 is 1.62 bits per heavy atom. The molecule has 0 aromatic heterocycles. The van der Waals surface area contributed by atoms with Gasteiger partial charge in [0, 0.05) is 24.3 Å². The number of amides is 2. The van der Waals surface area contributed by atoms with Gasteiger partial charge in [-0.2, -0.15) is 0 Å². The summed E-state index contributed by atoms with van der Waals surface area (Å²) >= 11 is 0. The predicted octanol–water partition coefficient (Wildman–Crippen LogP) is 6.12. The summed E-state index contributed by atoms with van der Waals surface area (Å²) < 4.78 is 0. The van der Waals surface area contributed by atoms with Crippen molar-refractivity contribution in [2.24, 2.45) is 50.2 Å². The van der Waals surface area contributed by atoms with E-state index in [9.17, 15) is 19.5 Å². The maximum atomic E-state index is 14.5. The highest BCUT2D eigenvalue weighted by atomic mass is 16.5. The van der Waals surface area contributed by atoms with Gasteiger partial charge in [-0.05, 0) is 116 Å². The fourth-order valence-corrected chi connectivity index (χ4v) is 11.3. The van der Waals surface area contributed by atoms with E-state index in [2.05, 4.69) is 59.9 Å². The lowest BCUT2D eigenvalue weighted by molar-refractivity contribution is -0.202. The number of allylic oxidation sites excluding steroid dienone is 2. The molecule has 0 aliphatic heterocycles. The van der Waals surface area contributed by atoms with Crippen LogP contribution >= 0.6 is 0 Å². The summed E-state index contributed by atoms with van der Waals surface area (Å²) in [6.07, 6.45) is 11.8. The second kappa shape index (κ2) is 10.4. The Hall–Kier alpha value is -1.73. The lowest BCUT2D eigenvalue weighted by atomic mass is 9.33. The van der Waals surface area contributed by atoms with Gasteiger partial charge in [0.05, 0.1) is 6.10 Å². The fraction of sp³-hybridized carbons (Fsp3) is 0.857. The van der Waals surface area contributed by atoms with Crippen LogP contribution in [0.3, 0.4) is 0 Å². The number of ketones is 1. The smallest absolute Gasteiger partial charge is 0.243 e. The number of aliphatic hydroxyl groups is 1. The van der Waals surface area contributed by atoms with Gasteiger partial charge in [0.25, 0.3) is 0 Å². The van der Waals surface area contributed by atoms with Crippen LogP contribution in [0.2, 0.25) is 0 Å². The van der Waals surface area contributed by atoms with E-state index in [0.717, 1.165) is 57.8 Å². The standard InChI is InChI=1S/C35H56N2O5/c1-30(2)25-11-14-35(7)28(33(25,5)13-12-26(30)39)24(38)20-22-23-21-32(4,16-15-31(23,3)17-18-34(22,35)6)29(41)36-19-9-8-10-27(40)37-42/h20,23,25-26,28,39,42H,8-19,21H2,1-7H3,(H,36,41)(H,37,40)/t23-,25-,26-,28+,31+,32-,33-,34+,35+/m0/s1. The first kappa shape index (κ1) is 31.7. The lowest BCUT2D eigenvalue weighted by Gasteiger charge is -2.70. The third kappa shape index (κ3) is 4.53. The first-order chi connectivity index (χ1) is 19.5. The zero-order valence-corrected chi connectivity index (χ0v) is 27.2. The Labute approximate surface area is 253 Å². The Bertz CT molecular complexity index is 1160. The van der Waals surface area contributed by atoms with Crippen molar-refractivity contribution in [2.45, 2.75) is 132 Å². The molecule has 7 nitrogen and oxygen atoms in total. The molecule has 42 heavy (non-hydrogen) atoms. The van der Waals surface area contributed by atoms with Crippen molar-refractivity contribution in [3.05, 3.63) is 11.6 Å². The highest BCUT2D eigenvalue weighted by Crippen LogP contribution is 2.75. The maximum Gasteiger partial charge on any atom is 0.243 e. The Balaban J connectivity index is 1.41. The SMILES string of the molecule is CC1(C)[C@@H](O)CC[C@]2(C)[C@H]3C(=O)C=C4[C@@H]5C[C@@](C)(C(=O)NCCCCC(=O)NO)CC[C@]5(C)CC[C@@]4(C)[C@]3(C)CC[C@@H]12. The zero-order chi connectivity index (χ0) is 30.9. The van der Waals surface area contributed by atoms with Crippen molar-refractivity contribution in [2.75, 3.05) is 6.54 Å². The summed E-state index contributed by atoms with van der Waals surface area (Å²) in [6, 6.07) is 0. The first-order valence-electron chi connectivity index (χ1n) is 16.6. The number of hydroxylamine groups is 1. The quantitative estimate of drug-likeness (QED) is 0.171. The molecule has 7 heteroatoms. The van der Waals surface area contributed by atoms with Gasteiger partial charge in [0.1, 0.15) is 0 Å². The van der Waals surface area contributed by atoms with Crippen molar-refractivity contribution in [3.8, 4) is 0 Å². The lowest BCUT2D eigenvalue weighted by Crippen LogP contribution is -2.66. The third-order valence-electron chi connectivity index (χ3n) is 14.3. The molecule has 0 unspecified atom stereocenters. The Morgan fingerprint density at radius 3 is 2.31 bits per heavy atom. The van der Waals surface area contributed by atoms with Crippen molar-refractivity contribution >= 4 is 17.6 Å². The average molecular weight is 585 g/mol. The summed E-state index contributed by atoms with van der Waals surface area (Å²) in [5.74, 6) is 0.441. The minimum atomic E-state index is -0.500. The highest BCUT2D eigenvalue weighted by Gasteiger charge is 2.70. The predicted molar refractivity (Wildman–Crippen MR) is 162 cm³/mol. The molecule has 4 saturated carbocycles. The van der Waals surface area contributed by atoms with Gasteiger partial charge >= 0.3 is 0 Å². The van der Waals surface area contributed by atoms with Gasteiger partial charge in [-0.3, -0.25) is 19.6 Å². The molecule has 5 aliphatic rings. The zero-order valence-electron chi connectivity index (χ0n) is 27.2.